The highest BCUT2D eigenvalue weighted by atomic mass is 16.5. The Bertz CT molecular complexity index is 1030. The number of hydrogen-bond donors (Lipinski definition) is 1. The number of unbranched alkanes of at least 4 members (excludes halogenated alkanes) is 1. The standard InChI is InChI=1S/C25H31N3O4/c1-30-19-8-6-9-20(18-19)31-16-5-4-15-28-22-11-3-2-10-21(22)27-24(28)13-14-26-25(29)23-12-7-17-32-23/h2-3,6,8-11,18,23H,4-5,7,12-17H2,1H3,(H,26,29). The number of methoxy groups -OCH3 is 1. The molecule has 1 aliphatic rings. The number of carbonyl (C=O) groups excluding carboxylic acids is 1. The summed E-state index contributed by atoms with van der Waals surface area (Å²) in [6.07, 6.45) is 4.06. The number of para-hydroxylation sites is 2. The van der Waals surface area contributed by atoms with Crippen LogP contribution in [0, 0.1) is 0 Å². The summed E-state index contributed by atoms with van der Waals surface area (Å²) in [6.45, 7) is 2.74. The van der Waals surface area contributed by atoms with Gasteiger partial charge in [0.05, 0.1) is 24.8 Å². The van der Waals surface area contributed by atoms with Gasteiger partial charge in [0.2, 0.25) is 5.91 Å². The molecule has 1 aromatic heterocycles. The number of hydrogen-bond acceptors (Lipinski definition) is 5. The van der Waals surface area contributed by atoms with E-state index >= 15 is 0 Å². The Morgan fingerprint density at radius 2 is 2.06 bits per heavy atom. The molecule has 0 saturated carbocycles. The van der Waals surface area contributed by atoms with E-state index < -0.39 is 0 Å². The number of carbonyl (C=O) groups is 1. The third-order valence-corrected chi connectivity index (χ3v) is 5.69. The van der Waals surface area contributed by atoms with Gasteiger partial charge in [0.15, 0.2) is 0 Å². The van der Waals surface area contributed by atoms with Gasteiger partial charge in [0, 0.05) is 32.2 Å². The van der Waals surface area contributed by atoms with Gasteiger partial charge in [-0.25, -0.2) is 4.98 Å². The monoisotopic (exact) mass is 437 g/mol. The fourth-order valence-corrected chi connectivity index (χ4v) is 4.01. The Morgan fingerprint density at radius 1 is 1.19 bits per heavy atom. The van der Waals surface area contributed by atoms with Crippen molar-refractivity contribution >= 4 is 16.9 Å². The number of aryl methyl sites for hydroxylation is 1. The van der Waals surface area contributed by atoms with Crippen molar-refractivity contribution in [1.29, 1.82) is 0 Å². The third kappa shape index (κ3) is 5.59. The van der Waals surface area contributed by atoms with Crippen molar-refractivity contribution in [3.8, 4) is 11.5 Å². The van der Waals surface area contributed by atoms with Gasteiger partial charge in [-0.05, 0) is 49.9 Å². The lowest BCUT2D eigenvalue weighted by atomic mass is 10.2. The van der Waals surface area contributed by atoms with Crippen LogP contribution in [0.4, 0.5) is 0 Å². The Kier molecular flexibility index (Phi) is 7.61. The molecule has 2 heterocycles. The number of imidazole rings is 1. The minimum absolute atomic E-state index is 0.0140. The molecule has 3 aromatic rings. The smallest absolute Gasteiger partial charge is 0.249 e. The average Bonchev–Trinajstić information content (AvgIpc) is 3.48. The molecule has 1 saturated heterocycles. The van der Waals surface area contributed by atoms with Gasteiger partial charge in [-0.15, -0.1) is 0 Å². The minimum Gasteiger partial charge on any atom is -0.497 e. The van der Waals surface area contributed by atoms with Crippen LogP contribution in [0.2, 0.25) is 0 Å². The topological polar surface area (TPSA) is 74.6 Å². The van der Waals surface area contributed by atoms with E-state index in [-0.39, 0.29) is 12.0 Å². The van der Waals surface area contributed by atoms with E-state index in [1.54, 1.807) is 7.11 Å². The number of amides is 1. The van der Waals surface area contributed by atoms with E-state index in [9.17, 15) is 4.79 Å². The summed E-state index contributed by atoms with van der Waals surface area (Å²) in [6, 6.07) is 15.8. The lowest BCUT2D eigenvalue weighted by Crippen LogP contribution is -2.35. The molecule has 7 heteroatoms. The predicted molar refractivity (Wildman–Crippen MR) is 123 cm³/mol. The first-order valence-corrected chi connectivity index (χ1v) is 11.3. The molecule has 0 spiro atoms. The number of ether oxygens (including phenoxy) is 3. The molecule has 7 nitrogen and oxygen atoms in total. The zero-order valence-corrected chi connectivity index (χ0v) is 18.6. The second kappa shape index (κ2) is 11.0. The first-order valence-electron chi connectivity index (χ1n) is 11.3. The second-order valence-electron chi connectivity index (χ2n) is 7.95. The molecule has 1 amide bonds. The molecular weight excluding hydrogens is 406 g/mol. The number of nitrogens with zero attached hydrogens (tertiary/aromatic N) is 2. The molecule has 0 aliphatic carbocycles. The van der Waals surface area contributed by atoms with E-state index in [1.165, 1.54) is 0 Å². The third-order valence-electron chi connectivity index (χ3n) is 5.69. The van der Waals surface area contributed by atoms with Crippen molar-refractivity contribution < 1.29 is 19.0 Å². The molecule has 1 N–H and O–H groups in total. The number of rotatable bonds is 11. The second-order valence-corrected chi connectivity index (χ2v) is 7.95. The zero-order chi connectivity index (χ0) is 22.2. The van der Waals surface area contributed by atoms with Crippen LogP contribution in [0.15, 0.2) is 48.5 Å². The maximum Gasteiger partial charge on any atom is 0.249 e. The normalized spacial score (nSPS) is 15.7. The van der Waals surface area contributed by atoms with Crippen LogP contribution in [0.1, 0.15) is 31.5 Å². The summed E-state index contributed by atoms with van der Waals surface area (Å²) < 4.78 is 18.8. The first-order chi connectivity index (χ1) is 15.7. The van der Waals surface area contributed by atoms with Crippen molar-refractivity contribution in [1.82, 2.24) is 14.9 Å². The molecule has 0 radical (unpaired) electrons. The van der Waals surface area contributed by atoms with Crippen LogP contribution in [0.25, 0.3) is 11.0 Å². The van der Waals surface area contributed by atoms with E-state index in [0.29, 0.717) is 26.2 Å². The van der Waals surface area contributed by atoms with Gasteiger partial charge in [-0.3, -0.25) is 4.79 Å². The van der Waals surface area contributed by atoms with Crippen LogP contribution in [0.5, 0.6) is 11.5 Å². The van der Waals surface area contributed by atoms with Crippen molar-refractivity contribution in [3.63, 3.8) is 0 Å². The Balaban J connectivity index is 1.30. The molecule has 2 aromatic carbocycles. The highest BCUT2D eigenvalue weighted by Crippen LogP contribution is 2.20. The van der Waals surface area contributed by atoms with Gasteiger partial charge in [-0.1, -0.05) is 18.2 Å². The van der Waals surface area contributed by atoms with Crippen LogP contribution in [-0.2, 0) is 22.5 Å². The van der Waals surface area contributed by atoms with Gasteiger partial charge >= 0.3 is 0 Å². The molecule has 170 valence electrons. The fourth-order valence-electron chi connectivity index (χ4n) is 4.01. The minimum atomic E-state index is -0.293. The van der Waals surface area contributed by atoms with Gasteiger partial charge in [0.1, 0.15) is 23.4 Å². The van der Waals surface area contributed by atoms with E-state index in [1.807, 2.05) is 42.5 Å². The quantitative estimate of drug-likeness (QED) is 0.463. The van der Waals surface area contributed by atoms with E-state index in [0.717, 1.165) is 60.6 Å². The Morgan fingerprint density at radius 3 is 2.91 bits per heavy atom. The molecule has 0 bridgehead atoms. The van der Waals surface area contributed by atoms with Crippen LogP contribution in [-0.4, -0.2) is 48.4 Å². The largest absolute Gasteiger partial charge is 0.497 e. The SMILES string of the molecule is COc1cccc(OCCCCn2c(CCNC(=O)C3CCCO3)nc3ccccc32)c1. The summed E-state index contributed by atoms with van der Waals surface area (Å²) in [7, 11) is 1.65. The van der Waals surface area contributed by atoms with Crippen LogP contribution >= 0.6 is 0 Å². The highest BCUT2D eigenvalue weighted by Gasteiger charge is 2.23. The van der Waals surface area contributed by atoms with Crippen molar-refractivity contribution in [2.45, 2.75) is 44.8 Å². The number of fused-ring (bicyclic) bond motifs is 1. The predicted octanol–water partition coefficient (Wildman–Crippen LogP) is 3.74. The first kappa shape index (κ1) is 22.1. The van der Waals surface area contributed by atoms with Gasteiger partial charge in [-0.2, -0.15) is 0 Å². The Labute approximate surface area is 188 Å². The number of nitrogens with one attached hydrogen (secondary N) is 1. The zero-order valence-electron chi connectivity index (χ0n) is 18.6. The summed E-state index contributed by atoms with van der Waals surface area (Å²) in [5.74, 6) is 2.59. The average molecular weight is 438 g/mol. The molecule has 1 unspecified atom stereocenters. The fraction of sp³-hybridized carbons (Fsp3) is 0.440. The maximum absolute atomic E-state index is 12.2. The lowest BCUT2D eigenvalue weighted by Gasteiger charge is -2.12. The van der Waals surface area contributed by atoms with E-state index in [4.69, 9.17) is 19.2 Å². The van der Waals surface area contributed by atoms with Crippen molar-refractivity contribution in [2.75, 3.05) is 26.9 Å². The summed E-state index contributed by atoms with van der Waals surface area (Å²) in [5.41, 5.74) is 2.11. The van der Waals surface area contributed by atoms with Crippen LogP contribution in [0.3, 0.4) is 0 Å². The highest BCUT2D eigenvalue weighted by molar-refractivity contribution is 5.81. The lowest BCUT2D eigenvalue weighted by molar-refractivity contribution is -0.130. The summed E-state index contributed by atoms with van der Waals surface area (Å²) in [4.78, 5) is 17.0. The number of benzene rings is 2. The summed E-state index contributed by atoms with van der Waals surface area (Å²) >= 11 is 0. The molecule has 1 atom stereocenters. The van der Waals surface area contributed by atoms with Crippen molar-refractivity contribution in [3.05, 3.63) is 54.4 Å². The van der Waals surface area contributed by atoms with Crippen LogP contribution < -0.4 is 14.8 Å². The molecule has 32 heavy (non-hydrogen) atoms. The molecule has 4 rings (SSSR count). The molecular formula is C25H31N3O4. The molecule has 1 aliphatic heterocycles. The molecule has 1 fully saturated rings. The van der Waals surface area contributed by atoms with Gasteiger partial charge in [0.25, 0.3) is 0 Å². The van der Waals surface area contributed by atoms with Gasteiger partial charge < -0.3 is 24.1 Å². The summed E-state index contributed by atoms with van der Waals surface area (Å²) in [5, 5.41) is 3.00. The maximum atomic E-state index is 12.2. The Hall–Kier alpha value is -3.06. The number of aromatic nitrogens is 2. The van der Waals surface area contributed by atoms with E-state index in [2.05, 4.69) is 16.0 Å². The van der Waals surface area contributed by atoms with Crippen molar-refractivity contribution in [2.24, 2.45) is 0 Å².